The zero-order valence-corrected chi connectivity index (χ0v) is 16.0. The van der Waals surface area contributed by atoms with Crippen molar-refractivity contribution >= 4 is 0 Å². The molecule has 2 atom stereocenters. The molecule has 2 aromatic rings. The van der Waals surface area contributed by atoms with Gasteiger partial charge in [-0.3, -0.25) is 0 Å². The first-order valence-electron chi connectivity index (χ1n) is 9.63. The summed E-state index contributed by atoms with van der Waals surface area (Å²) in [6.07, 6.45) is 0.692. The van der Waals surface area contributed by atoms with Crippen LogP contribution in [0.5, 0.6) is 5.75 Å². The summed E-state index contributed by atoms with van der Waals surface area (Å²) in [7, 11) is 1.67. The van der Waals surface area contributed by atoms with E-state index < -0.39 is 6.10 Å². The first kappa shape index (κ1) is 19.8. The second-order valence-corrected chi connectivity index (χ2v) is 7.07. The van der Waals surface area contributed by atoms with Gasteiger partial charge in [-0.1, -0.05) is 36.4 Å². The van der Waals surface area contributed by atoms with Crippen molar-refractivity contribution in [3.05, 3.63) is 65.2 Å². The predicted octanol–water partition coefficient (Wildman–Crippen LogP) is 2.44. The van der Waals surface area contributed by atoms with Crippen LogP contribution < -0.4 is 15.4 Å². The lowest BCUT2D eigenvalue weighted by atomic mass is 9.97. The first-order valence-corrected chi connectivity index (χ1v) is 9.63. The molecule has 5 nitrogen and oxygen atoms in total. The number of methoxy groups -OCH3 is 1. The fraction of sp³-hybridized carbons (Fsp3) is 0.455. The average Bonchev–Trinajstić information content (AvgIpc) is 3.23. The van der Waals surface area contributed by atoms with Gasteiger partial charge in [-0.25, -0.2) is 0 Å². The predicted molar refractivity (Wildman–Crippen MR) is 107 cm³/mol. The number of benzene rings is 2. The minimum atomic E-state index is -0.425. The second-order valence-electron chi connectivity index (χ2n) is 7.07. The summed E-state index contributed by atoms with van der Waals surface area (Å²) < 4.78 is 10.7. The van der Waals surface area contributed by atoms with E-state index in [1.807, 2.05) is 24.3 Å². The highest BCUT2D eigenvalue weighted by Crippen LogP contribution is 2.25. The quantitative estimate of drug-likeness (QED) is 0.600. The van der Waals surface area contributed by atoms with Crippen molar-refractivity contribution in [2.45, 2.75) is 31.5 Å². The summed E-state index contributed by atoms with van der Waals surface area (Å²) >= 11 is 0. The summed E-state index contributed by atoms with van der Waals surface area (Å²) in [4.78, 5) is 0. The molecule has 1 aliphatic rings. The van der Waals surface area contributed by atoms with Gasteiger partial charge in [-0.05, 0) is 35.2 Å². The molecule has 0 radical (unpaired) electrons. The minimum Gasteiger partial charge on any atom is -0.497 e. The van der Waals surface area contributed by atoms with E-state index in [2.05, 4.69) is 34.9 Å². The Labute approximate surface area is 161 Å². The molecule has 0 aromatic heterocycles. The summed E-state index contributed by atoms with van der Waals surface area (Å²) in [5, 5.41) is 16.7. The van der Waals surface area contributed by atoms with Crippen molar-refractivity contribution in [1.29, 1.82) is 0 Å². The van der Waals surface area contributed by atoms with E-state index in [4.69, 9.17) is 9.47 Å². The van der Waals surface area contributed by atoms with E-state index in [9.17, 15) is 5.11 Å². The summed E-state index contributed by atoms with van der Waals surface area (Å²) in [6, 6.07) is 16.7. The van der Waals surface area contributed by atoms with Crippen LogP contribution in [0.25, 0.3) is 0 Å². The van der Waals surface area contributed by atoms with Crippen molar-refractivity contribution in [2.24, 2.45) is 0 Å². The molecule has 0 amide bonds. The molecule has 3 rings (SSSR count). The lowest BCUT2D eigenvalue weighted by Crippen LogP contribution is -2.35. The third kappa shape index (κ3) is 6.33. The Kier molecular flexibility index (Phi) is 7.66. The Hall–Kier alpha value is -1.92. The number of rotatable bonds is 10. The molecule has 3 N–H and O–H groups in total. The third-order valence-corrected chi connectivity index (χ3v) is 4.93. The van der Waals surface area contributed by atoms with Crippen LogP contribution in [0.1, 0.15) is 29.0 Å². The number of aliphatic hydroxyl groups excluding tert-OH is 1. The average molecular weight is 370 g/mol. The molecule has 0 spiro atoms. The van der Waals surface area contributed by atoms with Gasteiger partial charge < -0.3 is 25.2 Å². The van der Waals surface area contributed by atoms with E-state index >= 15 is 0 Å². The number of hydrogen-bond acceptors (Lipinski definition) is 5. The molecule has 5 heteroatoms. The fourth-order valence-electron chi connectivity index (χ4n) is 3.33. The second kappa shape index (κ2) is 10.4. The Morgan fingerprint density at radius 2 is 1.81 bits per heavy atom. The molecule has 1 saturated heterocycles. The van der Waals surface area contributed by atoms with Crippen molar-refractivity contribution < 1.29 is 14.6 Å². The van der Waals surface area contributed by atoms with Gasteiger partial charge in [0, 0.05) is 38.7 Å². The highest BCUT2D eigenvalue weighted by molar-refractivity contribution is 5.28. The molecule has 27 heavy (non-hydrogen) atoms. The van der Waals surface area contributed by atoms with Crippen LogP contribution in [-0.4, -0.2) is 44.6 Å². The molecule has 1 aliphatic heterocycles. The maximum Gasteiger partial charge on any atom is 0.119 e. The summed E-state index contributed by atoms with van der Waals surface area (Å²) in [5.41, 5.74) is 3.73. The zero-order valence-electron chi connectivity index (χ0n) is 16.0. The van der Waals surface area contributed by atoms with Gasteiger partial charge in [0.15, 0.2) is 0 Å². The number of nitrogens with one attached hydrogen (secondary N) is 2. The van der Waals surface area contributed by atoms with Crippen LogP contribution in [0.15, 0.2) is 48.5 Å². The normalized spacial score (nSPS) is 17.8. The molecule has 1 fully saturated rings. The largest absolute Gasteiger partial charge is 0.497 e. The van der Waals surface area contributed by atoms with Crippen molar-refractivity contribution in [2.75, 3.05) is 33.4 Å². The molecule has 2 aromatic carbocycles. The van der Waals surface area contributed by atoms with Crippen LogP contribution in [0.2, 0.25) is 0 Å². The lowest BCUT2D eigenvalue weighted by molar-refractivity contribution is 0.168. The molecule has 1 heterocycles. The molecular formula is C22H30N2O3. The first-order chi connectivity index (χ1) is 13.2. The zero-order chi connectivity index (χ0) is 18.9. The van der Waals surface area contributed by atoms with E-state index in [-0.39, 0.29) is 0 Å². The molecular weight excluding hydrogens is 340 g/mol. The van der Waals surface area contributed by atoms with Gasteiger partial charge in [0.1, 0.15) is 5.75 Å². The van der Waals surface area contributed by atoms with E-state index in [0.29, 0.717) is 25.6 Å². The Morgan fingerprint density at radius 1 is 1.07 bits per heavy atom. The van der Waals surface area contributed by atoms with Crippen molar-refractivity contribution in [1.82, 2.24) is 10.6 Å². The standard InChI is InChI=1S/C22H30N2O3/c1-26-22-4-2-3-18(11-22)13-24-15-21(25)14-23-12-17-5-7-19(8-6-17)20-9-10-27-16-20/h2-8,11,20-21,23-25H,9-10,12-16H2,1H3. The smallest absolute Gasteiger partial charge is 0.119 e. The third-order valence-electron chi connectivity index (χ3n) is 4.93. The highest BCUT2D eigenvalue weighted by atomic mass is 16.5. The SMILES string of the molecule is COc1cccc(CNCC(O)CNCc2ccc(C3CCOC3)cc2)c1. The number of aliphatic hydroxyl groups is 1. The van der Waals surface area contributed by atoms with Gasteiger partial charge in [-0.15, -0.1) is 0 Å². The van der Waals surface area contributed by atoms with Crippen molar-refractivity contribution in [3.63, 3.8) is 0 Å². The Morgan fingerprint density at radius 3 is 2.48 bits per heavy atom. The van der Waals surface area contributed by atoms with Crippen LogP contribution in [-0.2, 0) is 17.8 Å². The molecule has 146 valence electrons. The number of ether oxygens (including phenoxy) is 2. The van der Waals surface area contributed by atoms with E-state index in [1.165, 1.54) is 11.1 Å². The highest BCUT2D eigenvalue weighted by Gasteiger charge is 2.17. The number of hydrogen-bond donors (Lipinski definition) is 3. The maximum absolute atomic E-state index is 10.1. The monoisotopic (exact) mass is 370 g/mol. The molecule has 0 bridgehead atoms. The van der Waals surface area contributed by atoms with Crippen LogP contribution >= 0.6 is 0 Å². The van der Waals surface area contributed by atoms with Gasteiger partial charge in [0.25, 0.3) is 0 Å². The van der Waals surface area contributed by atoms with Gasteiger partial charge in [0.05, 0.1) is 19.8 Å². The summed E-state index contributed by atoms with van der Waals surface area (Å²) in [5.74, 6) is 1.40. The lowest BCUT2D eigenvalue weighted by Gasteiger charge is -2.14. The fourth-order valence-corrected chi connectivity index (χ4v) is 3.33. The van der Waals surface area contributed by atoms with E-state index in [0.717, 1.165) is 37.5 Å². The van der Waals surface area contributed by atoms with Crippen LogP contribution in [0.4, 0.5) is 0 Å². The van der Waals surface area contributed by atoms with Gasteiger partial charge in [0.2, 0.25) is 0 Å². The van der Waals surface area contributed by atoms with Crippen LogP contribution in [0.3, 0.4) is 0 Å². The maximum atomic E-state index is 10.1. The van der Waals surface area contributed by atoms with Crippen molar-refractivity contribution in [3.8, 4) is 5.75 Å². The van der Waals surface area contributed by atoms with Crippen LogP contribution in [0, 0.1) is 0 Å². The van der Waals surface area contributed by atoms with Gasteiger partial charge in [-0.2, -0.15) is 0 Å². The van der Waals surface area contributed by atoms with E-state index in [1.54, 1.807) is 7.11 Å². The summed E-state index contributed by atoms with van der Waals surface area (Å²) in [6.45, 7) is 4.29. The van der Waals surface area contributed by atoms with Gasteiger partial charge >= 0.3 is 0 Å². The molecule has 2 unspecified atom stereocenters. The minimum absolute atomic E-state index is 0.425. The Bertz CT molecular complexity index is 684. The Balaban J connectivity index is 1.32. The molecule has 0 aliphatic carbocycles. The topological polar surface area (TPSA) is 62.8 Å². The molecule has 0 saturated carbocycles.